The summed E-state index contributed by atoms with van der Waals surface area (Å²) >= 11 is 0. The number of carbonyl (C=O) groups excluding carboxylic acids is 1. The van der Waals surface area contributed by atoms with Crippen molar-refractivity contribution in [1.29, 1.82) is 0 Å². The Kier molecular flexibility index (Phi) is 20.7. The van der Waals surface area contributed by atoms with Gasteiger partial charge in [0.2, 0.25) is 0 Å². The number of phosphoric acid groups is 1. The van der Waals surface area contributed by atoms with Gasteiger partial charge in [0.25, 0.3) is 0 Å². The number of likely N-dealkylation sites (N-methyl/N-ethyl adjacent to an activating group) is 1. The van der Waals surface area contributed by atoms with Crippen molar-refractivity contribution in [1.82, 2.24) is 0 Å². The molecule has 0 amide bonds. The standard InChI is InChI=1S/C23H48NO7P/c1-5-7-9-11-13-15-18-28-22(20-29-23(25)16-14-12-10-8-6-2)21-31-32(26,27)30-19-17-24(3)4/h22H,5-21H2,1-4H3,(H,26,27)/p+1. The van der Waals surface area contributed by atoms with Gasteiger partial charge < -0.3 is 19.3 Å². The largest absolute Gasteiger partial charge is 0.472 e. The van der Waals surface area contributed by atoms with Crippen molar-refractivity contribution in [2.45, 2.75) is 97.0 Å². The molecule has 8 nitrogen and oxygen atoms in total. The molecule has 0 bridgehead atoms. The van der Waals surface area contributed by atoms with E-state index in [1.807, 2.05) is 14.1 Å². The lowest BCUT2D eigenvalue weighted by molar-refractivity contribution is -0.858. The molecule has 0 spiro atoms. The molecule has 0 heterocycles. The number of ether oxygens (including phenoxy) is 2. The highest BCUT2D eigenvalue weighted by Crippen LogP contribution is 2.43. The first-order chi connectivity index (χ1) is 15.3. The summed E-state index contributed by atoms with van der Waals surface area (Å²) in [4.78, 5) is 23.0. The topological polar surface area (TPSA) is 95.7 Å². The number of phosphoric ester groups is 1. The first kappa shape index (κ1) is 31.5. The van der Waals surface area contributed by atoms with E-state index in [1.54, 1.807) is 0 Å². The molecular formula is C23H49NO7P+. The molecule has 2 atom stereocenters. The fraction of sp³-hybridized carbons (Fsp3) is 0.957. The van der Waals surface area contributed by atoms with Gasteiger partial charge in [-0.25, -0.2) is 4.57 Å². The Hall–Kier alpha value is -0.500. The van der Waals surface area contributed by atoms with Crippen LogP contribution in [0.1, 0.15) is 90.9 Å². The van der Waals surface area contributed by atoms with E-state index >= 15 is 0 Å². The van der Waals surface area contributed by atoms with Crippen molar-refractivity contribution in [3.63, 3.8) is 0 Å². The smallest absolute Gasteiger partial charge is 0.463 e. The van der Waals surface area contributed by atoms with Crippen LogP contribution in [0.3, 0.4) is 0 Å². The molecule has 9 heteroatoms. The van der Waals surface area contributed by atoms with Crippen LogP contribution >= 0.6 is 7.82 Å². The van der Waals surface area contributed by atoms with E-state index in [4.69, 9.17) is 18.5 Å². The van der Waals surface area contributed by atoms with E-state index in [1.165, 1.54) is 32.1 Å². The lowest BCUT2D eigenvalue weighted by Gasteiger charge is -2.20. The number of nitrogens with one attached hydrogen (secondary N) is 1. The van der Waals surface area contributed by atoms with E-state index in [9.17, 15) is 14.3 Å². The van der Waals surface area contributed by atoms with Gasteiger partial charge in [-0.15, -0.1) is 0 Å². The van der Waals surface area contributed by atoms with E-state index < -0.39 is 13.9 Å². The molecule has 0 saturated carbocycles. The maximum Gasteiger partial charge on any atom is 0.472 e. The van der Waals surface area contributed by atoms with E-state index in [0.717, 1.165) is 43.4 Å². The van der Waals surface area contributed by atoms with Crippen LogP contribution in [0.5, 0.6) is 0 Å². The van der Waals surface area contributed by atoms with Crippen molar-refractivity contribution in [3.8, 4) is 0 Å². The number of quaternary nitrogens is 1. The normalized spacial score (nSPS) is 14.4. The second-order valence-corrected chi connectivity index (χ2v) is 10.1. The Morgan fingerprint density at radius 3 is 2.06 bits per heavy atom. The summed E-state index contributed by atoms with van der Waals surface area (Å²) in [6.07, 6.45) is 11.9. The summed E-state index contributed by atoms with van der Waals surface area (Å²) in [5, 5.41) is 0. The second kappa shape index (κ2) is 21.1. The molecule has 0 aliphatic rings. The number of carbonyl (C=O) groups is 1. The third kappa shape index (κ3) is 21.4. The average molecular weight is 483 g/mol. The van der Waals surface area contributed by atoms with Gasteiger partial charge in [-0.1, -0.05) is 71.6 Å². The first-order valence-corrected chi connectivity index (χ1v) is 14.0. The number of esters is 1. The quantitative estimate of drug-likeness (QED) is 0.129. The third-order valence-electron chi connectivity index (χ3n) is 5.05. The summed E-state index contributed by atoms with van der Waals surface area (Å²) in [5.41, 5.74) is 0. The van der Waals surface area contributed by atoms with E-state index in [-0.39, 0.29) is 25.8 Å². The summed E-state index contributed by atoms with van der Waals surface area (Å²) in [5.74, 6) is -0.271. The zero-order chi connectivity index (χ0) is 24.1. The first-order valence-electron chi connectivity index (χ1n) is 12.5. The van der Waals surface area contributed by atoms with Crippen LogP contribution in [-0.2, 0) is 27.9 Å². The van der Waals surface area contributed by atoms with Gasteiger partial charge in [0.15, 0.2) is 0 Å². The maximum atomic E-state index is 12.1. The summed E-state index contributed by atoms with van der Waals surface area (Å²) < 4.78 is 33.3. The SMILES string of the molecule is CCCCCCCCOC(COC(=O)CCCCCCC)COP(=O)(O)OCC[NH+](C)C. The minimum atomic E-state index is -4.17. The fourth-order valence-electron chi connectivity index (χ4n) is 2.99. The van der Waals surface area contributed by atoms with Gasteiger partial charge in [0.1, 0.15) is 25.9 Å². The van der Waals surface area contributed by atoms with Gasteiger partial charge >= 0.3 is 13.8 Å². The van der Waals surface area contributed by atoms with Crippen molar-refractivity contribution in [2.75, 3.05) is 47.1 Å². The average Bonchev–Trinajstić information content (AvgIpc) is 2.73. The van der Waals surface area contributed by atoms with Gasteiger partial charge in [-0.3, -0.25) is 13.8 Å². The molecule has 0 aromatic rings. The lowest BCUT2D eigenvalue weighted by atomic mass is 10.1. The molecule has 0 aromatic carbocycles. The van der Waals surface area contributed by atoms with Crippen LogP contribution in [-0.4, -0.2) is 64.0 Å². The van der Waals surface area contributed by atoms with Gasteiger partial charge in [0.05, 0.1) is 20.7 Å². The number of rotatable bonds is 23. The summed E-state index contributed by atoms with van der Waals surface area (Å²) in [6, 6.07) is 0. The second-order valence-electron chi connectivity index (χ2n) is 8.66. The van der Waals surface area contributed by atoms with Gasteiger partial charge in [0, 0.05) is 13.0 Å². The molecule has 0 aliphatic carbocycles. The molecule has 192 valence electrons. The molecule has 2 unspecified atom stereocenters. The van der Waals surface area contributed by atoms with Gasteiger partial charge in [-0.2, -0.15) is 0 Å². The van der Waals surface area contributed by atoms with Crippen LogP contribution in [0.15, 0.2) is 0 Å². The lowest BCUT2D eigenvalue weighted by Crippen LogP contribution is -3.06. The highest BCUT2D eigenvalue weighted by atomic mass is 31.2. The van der Waals surface area contributed by atoms with Crippen molar-refractivity contribution < 1.29 is 37.7 Å². The van der Waals surface area contributed by atoms with E-state index in [0.29, 0.717) is 19.6 Å². The Morgan fingerprint density at radius 1 is 0.844 bits per heavy atom. The van der Waals surface area contributed by atoms with Crippen LogP contribution in [0.25, 0.3) is 0 Å². The Labute approximate surface area is 195 Å². The predicted octanol–water partition coefficient (Wildman–Crippen LogP) is 3.91. The number of hydrogen-bond donors (Lipinski definition) is 2. The minimum Gasteiger partial charge on any atom is -0.463 e. The molecule has 0 radical (unpaired) electrons. The minimum absolute atomic E-state index is 0.00543. The Bertz CT molecular complexity index is 491. The molecule has 0 fully saturated rings. The van der Waals surface area contributed by atoms with Crippen molar-refractivity contribution >= 4 is 13.8 Å². The Balaban J connectivity index is 4.36. The number of hydrogen-bond acceptors (Lipinski definition) is 6. The van der Waals surface area contributed by atoms with Crippen LogP contribution < -0.4 is 4.90 Å². The highest BCUT2D eigenvalue weighted by molar-refractivity contribution is 7.47. The zero-order valence-corrected chi connectivity index (χ0v) is 21.8. The zero-order valence-electron chi connectivity index (χ0n) is 20.9. The van der Waals surface area contributed by atoms with Crippen LogP contribution in [0.4, 0.5) is 0 Å². The molecule has 0 rings (SSSR count). The van der Waals surface area contributed by atoms with Crippen molar-refractivity contribution in [2.24, 2.45) is 0 Å². The molecule has 2 N–H and O–H groups in total. The molecule has 0 aromatic heterocycles. The highest BCUT2D eigenvalue weighted by Gasteiger charge is 2.24. The molecule has 0 saturated heterocycles. The van der Waals surface area contributed by atoms with Crippen LogP contribution in [0.2, 0.25) is 0 Å². The predicted molar refractivity (Wildman–Crippen MR) is 127 cm³/mol. The van der Waals surface area contributed by atoms with Crippen LogP contribution in [0, 0.1) is 0 Å². The monoisotopic (exact) mass is 482 g/mol. The number of unbranched alkanes of at least 4 members (excludes halogenated alkanes) is 9. The van der Waals surface area contributed by atoms with Gasteiger partial charge in [-0.05, 0) is 12.8 Å². The maximum absolute atomic E-state index is 12.1. The van der Waals surface area contributed by atoms with Crippen molar-refractivity contribution in [3.05, 3.63) is 0 Å². The third-order valence-corrected chi connectivity index (χ3v) is 6.03. The molecular weight excluding hydrogens is 433 g/mol. The molecule has 0 aliphatic heterocycles. The Morgan fingerprint density at radius 2 is 1.44 bits per heavy atom. The summed E-state index contributed by atoms with van der Waals surface area (Å²) in [7, 11) is -0.315. The summed E-state index contributed by atoms with van der Waals surface area (Å²) in [6.45, 7) is 5.38. The molecule has 32 heavy (non-hydrogen) atoms. The van der Waals surface area contributed by atoms with E-state index in [2.05, 4.69) is 13.8 Å². The fourth-order valence-corrected chi connectivity index (χ4v) is 3.74.